The first kappa shape index (κ1) is 19.2. The van der Waals surface area contributed by atoms with Gasteiger partial charge in [-0.1, -0.05) is 27.5 Å². The standard InChI is InChI=1S/C20H22BrClFNO3/c21-20-7-12-3-13(8-20)6-19(5-12,11-20)9-18(26)27-10-17(25)24-16-2-1-14(22)4-15(16)23/h1-2,4,12-13H,3,5-11H2,(H,24,25)/t12-,13-,19?,20?/m1/s1. The highest BCUT2D eigenvalue weighted by Gasteiger charge is 2.57. The number of hydrogen-bond acceptors (Lipinski definition) is 3. The van der Waals surface area contributed by atoms with Crippen LogP contribution in [0.2, 0.25) is 5.02 Å². The van der Waals surface area contributed by atoms with Crippen LogP contribution >= 0.6 is 27.5 Å². The molecule has 146 valence electrons. The van der Waals surface area contributed by atoms with Crippen LogP contribution in [-0.4, -0.2) is 22.8 Å². The molecule has 0 radical (unpaired) electrons. The van der Waals surface area contributed by atoms with E-state index in [-0.39, 0.29) is 26.4 Å². The van der Waals surface area contributed by atoms with E-state index in [0.29, 0.717) is 18.3 Å². The molecular weight excluding hydrogens is 437 g/mol. The number of ether oxygens (including phenoxy) is 1. The molecule has 4 saturated carbocycles. The van der Waals surface area contributed by atoms with E-state index in [1.54, 1.807) is 0 Å². The summed E-state index contributed by atoms with van der Waals surface area (Å²) in [6, 6.07) is 3.98. The number of hydrogen-bond donors (Lipinski definition) is 1. The largest absolute Gasteiger partial charge is 0.456 e. The quantitative estimate of drug-likeness (QED) is 0.494. The summed E-state index contributed by atoms with van der Waals surface area (Å²) in [6.45, 7) is -0.413. The van der Waals surface area contributed by atoms with E-state index in [4.69, 9.17) is 16.3 Å². The van der Waals surface area contributed by atoms with Crippen molar-refractivity contribution in [3.8, 4) is 0 Å². The minimum atomic E-state index is -0.627. The van der Waals surface area contributed by atoms with Crippen molar-refractivity contribution in [2.45, 2.75) is 49.3 Å². The smallest absolute Gasteiger partial charge is 0.306 e. The summed E-state index contributed by atoms with van der Waals surface area (Å²) in [5.41, 5.74) is 0.0199. The Labute approximate surface area is 171 Å². The second-order valence-electron chi connectivity index (χ2n) is 8.62. The molecule has 1 N–H and O–H groups in total. The number of amides is 1. The van der Waals surface area contributed by atoms with Gasteiger partial charge in [0.2, 0.25) is 0 Å². The van der Waals surface area contributed by atoms with Crippen molar-refractivity contribution in [1.29, 1.82) is 0 Å². The highest BCUT2D eigenvalue weighted by Crippen LogP contribution is 2.65. The molecule has 1 aromatic carbocycles. The lowest BCUT2D eigenvalue weighted by Crippen LogP contribution is -2.53. The number of halogens is 3. The zero-order valence-corrected chi connectivity index (χ0v) is 17.2. The maximum Gasteiger partial charge on any atom is 0.306 e. The van der Waals surface area contributed by atoms with Crippen LogP contribution in [0.15, 0.2) is 18.2 Å². The highest BCUT2D eigenvalue weighted by molar-refractivity contribution is 9.10. The second kappa shape index (κ2) is 7.03. The van der Waals surface area contributed by atoms with Crippen molar-refractivity contribution in [3.05, 3.63) is 29.0 Å². The van der Waals surface area contributed by atoms with Gasteiger partial charge in [0, 0.05) is 9.35 Å². The Morgan fingerprint density at radius 2 is 1.96 bits per heavy atom. The lowest BCUT2D eigenvalue weighted by molar-refractivity contribution is -0.153. The number of anilines is 1. The van der Waals surface area contributed by atoms with E-state index in [2.05, 4.69) is 21.2 Å². The van der Waals surface area contributed by atoms with E-state index in [0.717, 1.165) is 25.3 Å². The molecule has 0 aromatic heterocycles. The summed E-state index contributed by atoms with van der Waals surface area (Å²) in [4.78, 5) is 24.4. The first-order valence-electron chi connectivity index (χ1n) is 9.34. The fourth-order valence-electron chi connectivity index (χ4n) is 5.82. The molecule has 2 atom stereocenters. The fraction of sp³-hybridized carbons (Fsp3) is 0.600. The predicted molar refractivity (Wildman–Crippen MR) is 104 cm³/mol. The van der Waals surface area contributed by atoms with Gasteiger partial charge in [-0.25, -0.2) is 4.39 Å². The molecule has 4 aliphatic rings. The third kappa shape index (κ3) is 4.16. The molecule has 7 heteroatoms. The predicted octanol–water partition coefficient (Wildman–Crippen LogP) is 5.08. The maximum absolute atomic E-state index is 13.7. The summed E-state index contributed by atoms with van der Waals surface area (Å²) >= 11 is 9.62. The van der Waals surface area contributed by atoms with Crippen LogP contribution in [0.1, 0.15) is 44.9 Å². The van der Waals surface area contributed by atoms with Gasteiger partial charge >= 0.3 is 5.97 Å². The number of benzene rings is 1. The van der Waals surface area contributed by atoms with Crippen LogP contribution in [0.5, 0.6) is 0 Å². The van der Waals surface area contributed by atoms with Gasteiger partial charge in [-0.05, 0) is 74.0 Å². The first-order chi connectivity index (χ1) is 12.7. The summed E-state index contributed by atoms with van der Waals surface area (Å²) in [6.07, 6.45) is 7.20. The van der Waals surface area contributed by atoms with Crippen LogP contribution in [0.3, 0.4) is 0 Å². The number of rotatable bonds is 5. The van der Waals surface area contributed by atoms with Crippen LogP contribution in [0.25, 0.3) is 0 Å². The average molecular weight is 459 g/mol. The van der Waals surface area contributed by atoms with E-state index in [9.17, 15) is 14.0 Å². The molecule has 4 bridgehead atoms. The van der Waals surface area contributed by atoms with Gasteiger partial charge in [-0.2, -0.15) is 0 Å². The number of carbonyl (C=O) groups excluding carboxylic acids is 2. The van der Waals surface area contributed by atoms with Gasteiger partial charge in [0.05, 0.1) is 12.1 Å². The Kier molecular flexibility index (Phi) is 5.00. The molecule has 0 saturated heterocycles. The van der Waals surface area contributed by atoms with Crippen molar-refractivity contribution in [1.82, 2.24) is 0 Å². The molecule has 5 rings (SSSR count). The Balaban J connectivity index is 1.30. The summed E-state index contributed by atoms with van der Waals surface area (Å²) in [7, 11) is 0. The molecule has 4 aliphatic carbocycles. The zero-order chi connectivity index (χ0) is 19.2. The Morgan fingerprint density at radius 3 is 2.59 bits per heavy atom. The normalized spacial score (nSPS) is 33.7. The van der Waals surface area contributed by atoms with Crippen molar-refractivity contribution in [3.63, 3.8) is 0 Å². The van der Waals surface area contributed by atoms with Crippen LogP contribution in [0, 0.1) is 23.1 Å². The van der Waals surface area contributed by atoms with Crippen LogP contribution in [0.4, 0.5) is 10.1 Å². The molecule has 1 amide bonds. The van der Waals surface area contributed by atoms with Gasteiger partial charge in [0.1, 0.15) is 5.82 Å². The second-order valence-corrected chi connectivity index (χ2v) is 10.7. The first-order valence-corrected chi connectivity index (χ1v) is 10.5. The lowest BCUT2D eigenvalue weighted by atomic mass is 9.49. The van der Waals surface area contributed by atoms with Gasteiger partial charge in [-0.15, -0.1) is 0 Å². The average Bonchev–Trinajstić information content (AvgIpc) is 2.53. The molecular formula is C20H22BrClFNO3. The topological polar surface area (TPSA) is 55.4 Å². The maximum atomic E-state index is 13.7. The molecule has 0 unspecified atom stereocenters. The third-order valence-corrected chi connectivity index (χ3v) is 7.36. The van der Waals surface area contributed by atoms with Crippen molar-refractivity contribution in [2.24, 2.45) is 17.3 Å². The van der Waals surface area contributed by atoms with Crippen LogP contribution < -0.4 is 5.32 Å². The van der Waals surface area contributed by atoms with Gasteiger partial charge < -0.3 is 10.1 Å². The Morgan fingerprint density at radius 1 is 1.26 bits per heavy atom. The molecule has 27 heavy (non-hydrogen) atoms. The molecule has 4 nitrogen and oxygen atoms in total. The number of esters is 1. The van der Waals surface area contributed by atoms with Crippen molar-refractivity contribution < 1.29 is 18.7 Å². The van der Waals surface area contributed by atoms with Gasteiger partial charge in [-0.3, -0.25) is 9.59 Å². The molecule has 0 spiro atoms. The summed E-state index contributed by atoms with van der Waals surface area (Å²) in [5.74, 6) is -0.158. The third-order valence-electron chi connectivity index (χ3n) is 6.20. The molecule has 4 fully saturated rings. The zero-order valence-electron chi connectivity index (χ0n) is 14.9. The lowest BCUT2D eigenvalue weighted by Gasteiger charge is -2.60. The SMILES string of the molecule is O=C(COC(=O)CC12C[C@H]3C[C@@H](CC(Br)(C3)C1)C2)Nc1ccc(Cl)cc1F. The monoisotopic (exact) mass is 457 g/mol. The van der Waals surface area contributed by atoms with E-state index >= 15 is 0 Å². The summed E-state index contributed by atoms with van der Waals surface area (Å²) < 4.78 is 19.1. The fourth-order valence-corrected chi connectivity index (χ4v) is 7.49. The number of nitrogens with one attached hydrogen (secondary N) is 1. The van der Waals surface area contributed by atoms with Crippen molar-refractivity contribution in [2.75, 3.05) is 11.9 Å². The number of carbonyl (C=O) groups is 2. The molecule has 1 aromatic rings. The Hall–Kier alpha value is -1.14. The molecule has 0 heterocycles. The van der Waals surface area contributed by atoms with E-state index in [1.807, 2.05) is 0 Å². The van der Waals surface area contributed by atoms with Crippen LogP contribution in [-0.2, 0) is 14.3 Å². The highest BCUT2D eigenvalue weighted by atomic mass is 79.9. The minimum Gasteiger partial charge on any atom is -0.456 e. The Bertz CT molecular complexity index is 772. The van der Waals surface area contributed by atoms with E-state index < -0.39 is 18.3 Å². The van der Waals surface area contributed by atoms with Crippen molar-refractivity contribution >= 4 is 45.1 Å². The minimum absolute atomic E-state index is 0.00340. The van der Waals surface area contributed by atoms with Gasteiger partial charge in [0.15, 0.2) is 6.61 Å². The number of alkyl halides is 1. The van der Waals surface area contributed by atoms with Gasteiger partial charge in [0.25, 0.3) is 5.91 Å². The molecule has 0 aliphatic heterocycles. The van der Waals surface area contributed by atoms with E-state index in [1.165, 1.54) is 31.4 Å². The summed E-state index contributed by atoms with van der Waals surface area (Å²) in [5, 5.41) is 2.65.